The van der Waals surface area contributed by atoms with E-state index in [-0.39, 0.29) is 17.2 Å². The van der Waals surface area contributed by atoms with Crippen molar-refractivity contribution >= 4 is 27.5 Å². The van der Waals surface area contributed by atoms with Crippen LogP contribution >= 0.6 is 11.3 Å². The largest absolute Gasteiger partial charge is 0.470 e. The van der Waals surface area contributed by atoms with E-state index in [4.69, 9.17) is 5.84 Å². The minimum Gasteiger partial charge on any atom is -0.470 e. The first-order valence-corrected chi connectivity index (χ1v) is 6.28. The van der Waals surface area contributed by atoms with Crippen LogP contribution in [0.2, 0.25) is 0 Å². The van der Waals surface area contributed by atoms with Gasteiger partial charge in [0.2, 0.25) is 11.8 Å². The number of rotatable bonds is 4. The molecule has 2 aromatic rings. The van der Waals surface area contributed by atoms with Crippen molar-refractivity contribution < 1.29 is 26.7 Å². The fourth-order valence-electron chi connectivity index (χ4n) is 1.43. The topological polar surface area (TPSA) is 73.1 Å². The number of hydrogen-bond donors (Lipinski definition) is 2. The monoisotopic (exact) mass is 328 g/mol. The Kier molecular flexibility index (Phi) is 3.89. The molecule has 0 unspecified atom stereocenters. The number of halogens is 5. The summed E-state index contributed by atoms with van der Waals surface area (Å²) in [5, 5.41) is 0.245. The molecular weight excluding hydrogens is 319 g/mol. The van der Waals surface area contributed by atoms with Crippen molar-refractivity contribution in [3.8, 4) is 5.88 Å². The van der Waals surface area contributed by atoms with Crippen LogP contribution < -0.4 is 16.0 Å². The normalized spacial score (nSPS) is 12.7. The van der Waals surface area contributed by atoms with Gasteiger partial charge in [-0.2, -0.15) is 26.9 Å². The molecule has 0 bridgehead atoms. The zero-order valence-corrected chi connectivity index (χ0v) is 11.3. The number of hydrogen-bond acceptors (Lipinski definition) is 6. The lowest BCUT2D eigenvalue weighted by molar-refractivity contribution is -0.290. The first kappa shape index (κ1) is 15.6. The molecule has 0 fully saturated rings. The third kappa shape index (κ3) is 3.13. The molecule has 11 heteroatoms. The Labute approximate surface area is 118 Å². The second kappa shape index (κ2) is 5.22. The molecule has 0 radical (unpaired) electrons. The Morgan fingerprint density at radius 3 is 2.52 bits per heavy atom. The molecule has 2 rings (SSSR count). The molecule has 0 saturated heterocycles. The Morgan fingerprint density at radius 2 is 1.95 bits per heavy atom. The average molecular weight is 328 g/mol. The zero-order valence-electron chi connectivity index (χ0n) is 10.5. The molecule has 3 N–H and O–H groups in total. The molecule has 21 heavy (non-hydrogen) atoms. The van der Waals surface area contributed by atoms with E-state index in [0.717, 1.165) is 4.88 Å². The Balaban J connectivity index is 2.33. The summed E-state index contributed by atoms with van der Waals surface area (Å²) in [5.74, 6) is -0.398. The van der Waals surface area contributed by atoms with Gasteiger partial charge < -0.3 is 4.74 Å². The summed E-state index contributed by atoms with van der Waals surface area (Å²) in [5.41, 5.74) is 2.09. The maximum Gasteiger partial charge on any atom is 0.456 e. The number of ether oxygens (including phenoxy) is 1. The first-order valence-electron chi connectivity index (χ1n) is 5.46. The minimum absolute atomic E-state index is 0.144. The first-order chi connectivity index (χ1) is 9.64. The lowest BCUT2D eigenvalue weighted by Gasteiger charge is -2.19. The third-order valence-electron chi connectivity index (χ3n) is 2.41. The predicted octanol–water partition coefficient (Wildman–Crippen LogP) is 2.86. The molecule has 0 aromatic carbocycles. The molecule has 2 heterocycles. The number of nitrogens with zero attached hydrogens (tertiary/aromatic N) is 2. The summed E-state index contributed by atoms with van der Waals surface area (Å²) in [6, 6.07) is 1.53. The number of nitrogens with two attached hydrogens (primary N) is 1. The molecule has 0 spiro atoms. The van der Waals surface area contributed by atoms with Gasteiger partial charge in [-0.25, -0.2) is 10.8 Å². The van der Waals surface area contributed by atoms with E-state index in [1.165, 1.54) is 17.4 Å². The fourth-order valence-corrected chi connectivity index (χ4v) is 2.30. The van der Waals surface area contributed by atoms with Gasteiger partial charge in [0.15, 0.2) is 6.61 Å². The molecule has 0 aliphatic heterocycles. The standard InChI is InChI=1S/C10H9F5N4OS/c1-4-2-5-6(17-8(19-16)18-7(5)21-4)20-3-9(11,12)10(13,14)15/h2H,3,16H2,1H3,(H,17,18,19). The van der Waals surface area contributed by atoms with Gasteiger partial charge in [-0.3, -0.25) is 5.43 Å². The summed E-state index contributed by atoms with van der Waals surface area (Å²) in [4.78, 5) is 8.73. The van der Waals surface area contributed by atoms with Crippen molar-refractivity contribution in [1.82, 2.24) is 9.97 Å². The number of aryl methyl sites for hydroxylation is 1. The molecule has 5 nitrogen and oxygen atoms in total. The van der Waals surface area contributed by atoms with E-state index >= 15 is 0 Å². The van der Waals surface area contributed by atoms with Gasteiger partial charge in [-0.15, -0.1) is 11.3 Å². The van der Waals surface area contributed by atoms with E-state index in [1.807, 2.05) is 0 Å². The van der Waals surface area contributed by atoms with E-state index < -0.39 is 18.7 Å². The number of nitrogen functional groups attached to an aromatic ring is 1. The zero-order chi connectivity index (χ0) is 15.8. The number of alkyl halides is 5. The van der Waals surface area contributed by atoms with Gasteiger partial charge >= 0.3 is 12.1 Å². The number of hydrazine groups is 1. The van der Waals surface area contributed by atoms with Gasteiger partial charge in [0.1, 0.15) is 4.83 Å². The summed E-state index contributed by atoms with van der Waals surface area (Å²) in [7, 11) is 0. The Bertz CT molecular complexity index is 657. The van der Waals surface area contributed by atoms with E-state index in [9.17, 15) is 22.0 Å². The van der Waals surface area contributed by atoms with Crippen LogP contribution in [0.4, 0.5) is 27.9 Å². The number of aromatic nitrogens is 2. The number of fused-ring (bicyclic) bond motifs is 1. The summed E-state index contributed by atoms with van der Waals surface area (Å²) in [6.07, 6.45) is -5.70. The van der Waals surface area contributed by atoms with Crippen molar-refractivity contribution in [2.45, 2.75) is 19.0 Å². The highest BCUT2D eigenvalue weighted by atomic mass is 32.1. The summed E-state index contributed by atoms with van der Waals surface area (Å²) < 4.78 is 66.6. The van der Waals surface area contributed by atoms with Crippen LogP contribution in [-0.4, -0.2) is 28.7 Å². The second-order valence-electron chi connectivity index (χ2n) is 4.06. The maximum absolute atomic E-state index is 12.9. The third-order valence-corrected chi connectivity index (χ3v) is 3.36. The Hall–Kier alpha value is -1.75. The Morgan fingerprint density at radius 1 is 1.29 bits per heavy atom. The molecule has 0 aliphatic carbocycles. The second-order valence-corrected chi connectivity index (χ2v) is 5.30. The predicted molar refractivity (Wildman–Crippen MR) is 66.5 cm³/mol. The van der Waals surface area contributed by atoms with Crippen LogP contribution in [0.3, 0.4) is 0 Å². The van der Waals surface area contributed by atoms with Gasteiger partial charge in [0, 0.05) is 4.88 Å². The van der Waals surface area contributed by atoms with Gasteiger partial charge in [-0.1, -0.05) is 0 Å². The number of anilines is 1. The highest BCUT2D eigenvalue weighted by Crippen LogP contribution is 2.37. The fraction of sp³-hybridized carbons (Fsp3) is 0.400. The average Bonchev–Trinajstić information content (AvgIpc) is 2.74. The van der Waals surface area contributed by atoms with Crippen molar-refractivity contribution in [2.75, 3.05) is 12.0 Å². The van der Waals surface area contributed by atoms with Crippen LogP contribution in [0.5, 0.6) is 5.88 Å². The molecule has 0 saturated carbocycles. The number of thiophene rings is 1. The quantitative estimate of drug-likeness (QED) is 0.513. The van der Waals surface area contributed by atoms with E-state index in [2.05, 4.69) is 20.1 Å². The van der Waals surface area contributed by atoms with Crippen LogP contribution in [-0.2, 0) is 0 Å². The van der Waals surface area contributed by atoms with E-state index in [0.29, 0.717) is 4.83 Å². The van der Waals surface area contributed by atoms with Crippen molar-refractivity contribution in [2.24, 2.45) is 5.84 Å². The molecule has 0 amide bonds. The SMILES string of the molecule is Cc1cc2c(OCC(F)(F)C(F)(F)F)nc(NN)nc2s1. The van der Waals surface area contributed by atoms with Crippen molar-refractivity contribution in [3.63, 3.8) is 0 Å². The van der Waals surface area contributed by atoms with Gasteiger partial charge in [0.25, 0.3) is 0 Å². The molecular formula is C10H9F5N4OS. The maximum atomic E-state index is 12.9. The lowest BCUT2D eigenvalue weighted by atomic mass is 10.3. The van der Waals surface area contributed by atoms with E-state index in [1.54, 1.807) is 6.92 Å². The summed E-state index contributed by atoms with van der Waals surface area (Å²) in [6.45, 7) is -0.155. The highest BCUT2D eigenvalue weighted by molar-refractivity contribution is 7.18. The van der Waals surface area contributed by atoms with Gasteiger partial charge in [-0.05, 0) is 13.0 Å². The molecule has 0 aliphatic rings. The number of nitrogens with one attached hydrogen (secondary N) is 1. The molecule has 2 aromatic heterocycles. The lowest BCUT2D eigenvalue weighted by Crippen LogP contribution is -2.41. The minimum atomic E-state index is -5.70. The molecule has 0 atom stereocenters. The van der Waals surface area contributed by atoms with Gasteiger partial charge in [0.05, 0.1) is 5.39 Å². The van der Waals surface area contributed by atoms with Crippen LogP contribution in [0.1, 0.15) is 4.88 Å². The van der Waals surface area contributed by atoms with Crippen LogP contribution in [0, 0.1) is 6.92 Å². The summed E-state index contributed by atoms with van der Waals surface area (Å²) >= 11 is 1.20. The molecule has 116 valence electrons. The smallest absolute Gasteiger partial charge is 0.456 e. The van der Waals surface area contributed by atoms with Crippen LogP contribution in [0.15, 0.2) is 6.07 Å². The van der Waals surface area contributed by atoms with Crippen LogP contribution in [0.25, 0.3) is 10.2 Å². The van der Waals surface area contributed by atoms with Crippen molar-refractivity contribution in [1.29, 1.82) is 0 Å². The van der Waals surface area contributed by atoms with Crippen molar-refractivity contribution in [3.05, 3.63) is 10.9 Å². The highest BCUT2D eigenvalue weighted by Gasteiger charge is 2.58.